The van der Waals surface area contributed by atoms with Crippen molar-refractivity contribution in [2.45, 2.75) is 13.0 Å². The van der Waals surface area contributed by atoms with Crippen molar-refractivity contribution >= 4 is 45.3 Å². The molecular formula is C16H14Cl2N2S. The standard InChI is InChI=1S/C16H14Cl2N2S/c1-2-20-15(12-7-14(17)21-16(12)18)13-9-19-8-10-5-3-4-6-11(10)13/h3-9,15,20H,2H2,1H3. The van der Waals surface area contributed by atoms with Crippen LogP contribution in [0.5, 0.6) is 0 Å². The van der Waals surface area contributed by atoms with Crippen molar-refractivity contribution in [3.63, 3.8) is 0 Å². The van der Waals surface area contributed by atoms with Gasteiger partial charge in [-0.15, -0.1) is 11.3 Å². The van der Waals surface area contributed by atoms with Gasteiger partial charge in [0.05, 0.1) is 14.7 Å². The van der Waals surface area contributed by atoms with Crippen LogP contribution in [-0.2, 0) is 0 Å². The average Bonchev–Trinajstić information content (AvgIpc) is 2.83. The monoisotopic (exact) mass is 336 g/mol. The van der Waals surface area contributed by atoms with Gasteiger partial charge in [0.25, 0.3) is 0 Å². The first-order chi connectivity index (χ1) is 10.2. The summed E-state index contributed by atoms with van der Waals surface area (Å²) in [5.41, 5.74) is 2.12. The van der Waals surface area contributed by atoms with Crippen LogP contribution in [-0.4, -0.2) is 11.5 Å². The Morgan fingerprint density at radius 1 is 1.19 bits per heavy atom. The van der Waals surface area contributed by atoms with Crippen LogP contribution in [0.2, 0.25) is 8.67 Å². The lowest BCUT2D eigenvalue weighted by atomic mass is 9.97. The Kier molecular flexibility index (Phi) is 4.45. The van der Waals surface area contributed by atoms with E-state index in [1.807, 2.05) is 30.6 Å². The SMILES string of the molecule is CCNC(c1cc(Cl)sc1Cl)c1cncc2ccccc12. The molecule has 0 radical (unpaired) electrons. The average molecular weight is 337 g/mol. The van der Waals surface area contributed by atoms with Crippen molar-refractivity contribution in [3.05, 3.63) is 62.5 Å². The highest BCUT2D eigenvalue weighted by molar-refractivity contribution is 7.20. The first-order valence-electron chi connectivity index (χ1n) is 6.71. The zero-order valence-corrected chi connectivity index (χ0v) is 13.8. The molecule has 0 aliphatic carbocycles. The summed E-state index contributed by atoms with van der Waals surface area (Å²) in [6.45, 7) is 2.91. The normalized spacial score (nSPS) is 12.7. The number of fused-ring (bicyclic) bond motifs is 1. The predicted molar refractivity (Wildman–Crippen MR) is 91.6 cm³/mol. The molecule has 0 fully saturated rings. The fourth-order valence-electron chi connectivity index (χ4n) is 2.51. The molecule has 1 unspecified atom stereocenters. The van der Waals surface area contributed by atoms with Crippen LogP contribution >= 0.6 is 34.5 Å². The van der Waals surface area contributed by atoms with Gasteiger partial charge in [0.2, 0.25) is 0 Å². The maximum absolute atomic E-state index is 6.35. The molecule has 1 N–H and O–H groups in total. The zero-order valence-electron chi connectivity index (χ0n) is 11.4. The lowest BCUT2D eigenvalue weighted by molar-refractivity contribution is 0.634. The molecule has 21 heavy (non-hydrogen) atoms. The number of nitrogens with zero attached hydrogens (tertiary/aromatic N) is 1. The van der Waals surface area contributed by atoms with E-state index in [1.54, 1.807) is 0 Å². The molecule has 2 heterocycles. The minimum absolute atomic E-state index is 0.00940. The quantitative estimate of drug-likeness (QED) is 0.698. The van der Waals surface area contributed by atoms with Crippen molar-refractivity contribution in [1.82, 2.24) is 10.3 Å². The number of benzene rings is 1. The number of thiophene rings is 1. The molecule has 108 valence electrons. The maximum Gasteiger partial charge on any atom is 0.0995 e. The minimum Gasteiger partial charge on any atom is -0.306 e. The van der Waals surface area contributed by atoms with Crippen LogP contribution in [0.25, 0.3) is 10.8 Å². The van der Waals surface area contributed by atoms with Gasteiger partial charge in [0.1, 0.15) is 0 Å². The molecule has 2 nitrogen and oxygen atoms in total. The summed E-state index contributed by atoms with van der Waals surface area (Å²) < 4.78 is 1.42. The van der Waals surface area contributed by atoms with E-state index in [0.717, 1.165) is 27.4 Å². The Morgan fingerprint density at radius 2 is 2.00 bits per heavy atom. The topological polar surface area (TPSA) is 24.9 Å². The van der Waals surface area contributed by atoms with Crippen molar-refractivity contribution in [2.24, 2.45) is 0 Å². The van der Waals surface area contributed by atoms with E-state index in [9.17, 15) is 0 Å². The van der Waals surface area contributed by atoms with Crippen LogP contribution < -0.4 is 5.32 Å². The van der Waals surface area contributed by atoms with Crippen molar-refractivity contribution in [3.8, 4) is 0 Å². The van der Waals surface area contributed by atoms with Gasteiger partial charge in [-0.1, -0.05) is 54.4 Å². The molecule has 1 atom stereocenters. The zero-order chi connectivity index (χ0) is 14.8. The number of pyridine rings is 1. The van der Waals surface area contributed by atoms with Crippen LogP contribution in [0, 0.1) is 0 Å². The molecule has 0 saturated carbocycles. The van der Waals surface area contributed by atoms with Crippen LogP contribution in [0.1, 0.15) is 24.1 Å². The van der Waals surface area contributed by atoms with Gasteiger partial charge in [-0.2, -0.15) is 0 Å². The smallest absolute Gasteiger partial charge is 0.0995 e. The number of rotatable bonds is 4. The van der Waals surface area contributed by atoms with Crippen molar-refractivity contribution < 1.29 is 0 Å². The summed E-state index contributed by atoms with van der Waals surface area (Å²) >= 11 is 13.9. The fourth-order valence-corrected chi connectivity index (χ4v) is 4.04. The Morgan fingerprint density at radius 3 is 2.71 bits per heavy atom. The second kappa shape index (κ2) is 6.32. The number of hydrogen-bond donors (Lipinski definition) is 1. The maximum atomic E-state index is 6.35. The number of halogens is 2. The molecule has 0 saturated heterocycles. The van der Waals surface area contributed by atoms with Crippen molar-refractivity contribution in [2.75, 3.05) is 6.54 Å². The third-order valence-corrected chi connectivity index (χ3v) is 4.93. The van der Waals surface area contributed by atoms with E-state index >= 15 is 0 Å². The van der Waals surface area contributed by atoms with Gasteiger partial charge >= 0.3 is 0 Å². The lowest BCUT2D eigenvalue weighted by Gasteiger charge is -2.19. The second-order valence-corrected chi connectivity index (χ2v) is 7.01. The number of aromatic nitrogens is 1. The van der Waals surface area contributed by atoms with Crippen LogP contribution in [0.4, 0.5) is 0 Å². The third kappa shape index (κ3) is 2.92. The molecule has 0 aliphatic rings. The molecular weight excluding hydrogens is 323 g/mol. The lowest BCUT2D eigenvalue weighted by Crippen LogP contribution is -2.22. The van der Waals surface area contributed by atoms with E-state index < -0.39 is 0 Å². The molecule has 2 aromatic heterocycles. The Hall–Kier alpha value is -1.13. The van der Waals surface area contributed by atoms with E-state index in [-0.39, 0.29) is 6.04 Å². The fraction of sp³-hybridized carbons (Fsp3) is 0.188. The van der Waals surface area contributed by atoms with E-state index in [4.69, 9.17) is 23.2 Å². The molecule has 1 aromatic carbocycles. The van der Waals surface area contributed by atoms with Gasteiger partial charge in [0, 0.05) is 23.3 Å². The third-order valence-electron chi connectivity index (χ3n) is 3.41. The Balaban J connectivity index is 2.18. The molecule has 3 rings (SSSR count). The van der Waals surface area contributed by atoms with Gasteiger partial charge in [-0.25, -0.2) is 0 Å². The van der Waals surface area contributed by atoms with Gasteiger partial charge < -0.3 is 5.32 Å². The Bertz CT molecular complexity index is 765. The first kappa shape index (κ1) is 14.8. The van der Waals surface area contributed by atoms with E-state index in [1.165, 1.54) is 16.7 Å². The summed E-state index contributed by atoms with van der Waals surface area (Å²) in [6.07, 6.45) is 3.78. The molecule has 3 aromatic rings. The summed E-state index contributed by atoms with van der Waals surface area (Å²) in [5, 5.41) is 5.78. The molecule has 5 heteroatoms. The molecule has 0 bridgehead atoms. The van der Waals surface area contributed by atoms with E-state index in [2.05, 4.69) is 29.4 Å². The summed E-state index contributed by atoms with van der Waals surface area (Å²) in [5.74, 6) is 0. The highest BCUT2D eigenvalue weighted by atomic mass is 35.5. The van der Waals surface area contributed by atoms with E-state index in [0.29, 0.717) is 4.34 Å². The number of hydrogen-bond acceptors (Lipinski definition) is 3. The largest absolute Gasteiger partial charge is 0.306 e. The predicted octanol–water partition coefficient (Wildman–Crippen LogP) is 5.30. The van der Waals surface area contributed by atoms with Gasteiger partial charge in [0.15, 0.2) is 0 Å². The first-order valence-corrected chi connectivity index (χ1v) is 8.28. The van der Waals surface area contributed by atoms with Gasteiger partial charge in [-0.3, -0.25) is 4.98 Å². The molecule has 0 aliphatic heterocycles. The molecule has 0 amide bonds. The van der Waals surface area contributed by atoms with Gasteiger partial charge in [-0.05, 0) is 23.6 Å². The highest BCUT2D eigenvalue weighted by Crippen LogP contribution is 2.38. The van der Waals surface area contributed by atoms with Crippen LogP contribution in [0.15, 0.2) is 42.7 Å². The summed E-state index contributed by atoms with van der Waals surface area (Å²) in [4.78, 5) is 4.37. The van der Waals surface area contributed by atoms with Crippen LogP contribution in [0.3, 0.4) is 0 Å². The minimum atomic E-state index is -0.00940. The molecule has 0 spiro atoms. The second-order valence-electron chi connectivity index (χ2n) is 4.72. The summed E-state index contributed by atoms with van der Waals surface area (Å²) in [7, 11) is 0. The van der Waals surface area contributed by atoms with Crippen molar-refractivity contribution in [1.29, 1.82) is 0 Å². The number of nitrogens with one attached hydrogen (secondary N) is 1. The Labute approximate surface area is 137 Å². The highest BCUT2D eigenvalue weighted by Gasteiger charge is 2.20. The summed E-state index contributed by atoms with van der Waals surface area (Å²) in [6, 6.07) is 10.2.